The van der Waals surface area contributed by atoms with Crippen molar-refractivity contribution in [2.45, 2.75) is 68.8 Å². The molecule has 0 radical (unpaired) electrons. The number of sulfonamides is 1. The van der Waals surface area contributed by atoms with Gasteiger partial charge in [0, 0.05) is 31.6 Å². The Morgan fingerprint density at radius 3 is 2.46 bits per heavy atom. The Hall–Kier alpha value is -1.15. The quantitative estimate of drug-likeness (QED) is 0.728. The molecule has 2 saturated heterocycles. The van der Waals surface area contributed by atoms with Gasteiger partial charge in [0.15, 0.2) is 0 Å². The van der Waals surface area contributed by atoms with Crippen LogP contribution in [0.4, 0.5) is 0 Å². The summed E-state index contributed by atoms with van der Waals surface area (Å²) in [5, 5.41) is 6.50. The summed E-state index contributed by atoms with van der Waals surface area (Å²) in [6, 6.07) is 7.50. The van der Waals surface area contributed by atoms with E-state index in [2.05, 4.69) is 17.6 Å². The molecule has 2 unspecified atom stereocenters. The van der Waals surface area contributed by atoms with E-state index in [4.69, 9.17) is 0 Å². The molecule has 1 amide bonds. The number of hydrogen-bond donors (Lipinski definition) is 2. The van der Waals surface area contributed by atoms with Crippen molar-refractivity contribution < 1.29 is 13.2 Å². The topological polar surface area (TPSA) is 78.5 Å². The molecular formula is C20H32ClN3O3S. The van der Waals surface area contributed by atoms with Crippen molar-refractivity contribution in [1.82, 2.24) is 14.9 Å². The van der Waals surface area contributed by atoms with Gasteiger partial charge in [0.25, 0.3) is 0 Å². The number of amides is 1. The maximum absolute atomic E-state index is 12.7. The lowest BCUT2D eigenvalue weighted by Gasteiger charge is -2.30. The number of nitrogens with one attached hydrogen (secondary N) is 2. The first-order valence-corrected chi connectivity index (χ1v) is 11.5. The minimum atomic E-state index is -3.39. The number of carbonyl (C=O) groups is 1. The number of carbonyl (C=O) groups excluding carboxylic acids is 1. The molecule has 0 bridgehead atoms. The molecule has 158 valence electrons. The molecule has 28 heavy (non-hydrogen) atoms. The standard InChI is InChI=1S/C20H31N3O3S.ClH/c1-16-19(6-5-13-21-16)22-20(24)12-9-17-7-10-18(11-8-17)27(25,26)23-14-3-2-4-15-23;/h7-8,10-11,16,19,21H,2-6,9,12-15H2,1H3,(H,22,24);1H. The van der Waals surface area contributed by atoms with Crippen LogP contribution in [-0.2, 0) is 21.2 Å². The molecule has 1 aromatic carbocycles. The van der Waals surface area contributed by atoms with E-state index in [1.165, 1.54) is 0 Å². The summed E-state index contributed by atoms with van der Waals surface area (Å²) in [5.74, 6) is 0.0561. The second kappa shape index (κ2) is 10.6. The van der Waals surface area contributed by atoms with Crippen LogP contribution in [0.15, 0.2) is 29.2 Å². The van der Waals surface area contributed by atoms with Gasteiger partial charge < -0.3 is 10.6 Å². The molecule has 8 heteroatoms. The predicted octanol–water partition coefficient (Wildman–Crippen LogP) is 2.47. The smallest absolute Gasteiger partial charge is 0.243 e. The lowest BCUT2D eigenvalue weighted by molar-refractivity contribution is -0.122. The number of halogens is 1. The van der Waals surface area contributed by atoms with Crippen LogP contribution >= 0.6 is 12.4 Å². The van der Waals surface area contributed by atoms with Gasteiger partial charge in [-0.05, 0) is 63.3 Å². The van der Waals surface area contributed by atoms with Gasteiger partial charge in [0.2, 0.25) is 15.9 Å². The van der Waals surface area contributed by atoms with Crippen LogP contribution in [0.5, 0.6) is 0 Å². The first-order valence-electron chi connectivity index (χ1n) is 10.1. The number of nitrogens with zero attached hydrogens (tertiary/aromatic N) is 1. The van der Waals surface area contributed by atoms with Gasteiger partial charge in [0.1, 0.15) is 0 Å². The predicted molar refractivity (Wildman–Crippen MR) is 113 cm³/mol. The second-order valence-corrected chi connectivity index (χ2v) is 9.61. The summed E-state index contributed by atoms with van der Waals surface area (Å²) in [6.45, 7) is 4.34. The van der Waals surface area contributed by atoms with Gasteiger partial charge >= 0.3 is 0 Å². The first kappa shape index (κ1) is 23.1. The van der Waals surface area contributed by atoms with Crippen LogP contribution in [-0.4, -0.2) is 50.3 Å². The molecule has 2 aliphatic heterocycles. The number of aryl methyl sites for hydroxylation is 1. The van der Waals surface area contributed by atoms with Crippen molar-refractivity contribution in [3.05, 3.63) is 29.8 Å². The number of benzene rings is 1. The fraction of sp³-hybridized carbons (Fsp3) is 0.650. The van der Waals surface area contributed by atoms with Crippen molar-refractivity contribution >= 4 is 28.3 Å². The minimum absolute atomic E-state index is 0. The highest BCUT2D eigenvalue weighted by atomic mass is 35.5. The SMILES string of the molecule is CC1NCCCC1NC(=O)CCc1ccc(S(=O)(=O)N2CCCCC2)cc1.Cl. The average Bonchev–Trinajstić information content (AvgIpc) is 2.69. The van der Waals surface area contributed by atoms with Crippen LogP contribution in [0.3, 0.4) is 0 Å². The Morgan fingerprint density at radius 1 is 1.14 bits per heavy atom. The number of hydrogen-bond acceptors (Lipinski definition) is 4. The normalized spacial score (nSPS) is 23.6. The molecule has 2 aliphatic rings. The zero-order valence-electron chi connectivity index (χ0n) is 16.5. The van der Waals surface area contributed by atoms with Crippen LogP contribution in [0, 0.1) is 0 Å². The van der Waals surface area contributed by atoms with Crippen LogP contribution in [0.2, 0.25) is 0 Å². The van der Waals surface area contributed by atoms with Crippen LogP contribution < -0.4 is 10.6 Å². The summed E-state index contributed by atoms with van der Waals surface area (Å²) in [5.41, 5.74) is 0.984. The van der Waals surface area contributed by atoms with Gasteiger partial charge in [0.05, 0.1) is 4.90 Å². The largest absolute Gasteiger partial charge is 0.352 e. The molecule has 6 nitrogen and oxygen atoms in total. The zero-order chi connectivity index (χ0) is 19.3. The molecular weight excluding hydrogens is 398 g/mol. The van der Waals surface area contributed by atoms with Crippen LogP contribution in [0.25, 0.3) is 0 Å². The molecule has 0 saturated carbocycles. The molecule has 2 N–H and O–H groups in total. The fourth-order valence-corrected chi connectivity index (χ4v) is 5.38. The van der Waals surface area contributed by atoms with Crippen molar-refractivity contribution in [2.24, 2.45) is 0 Å². The Balaban J connectivity index is 0.00000280. The highest BCUT2D eigenvalue weighted by Gasteiger charge is 2.26. The third-order valence-corrected chi connectivity index (χ3v) is 7.54. The van der Waals surface area contributed by atoms with Crippen molar-refractivity contribution in [1.29, 1.82) is 0 Å². The van der Waals surface area contributed by atoms with E-state index < -0.39 is 10.0 Å². The van der Waals surface area contributed by atoms with Crippen molar-refractivity contribution in [2.75, 3.05) is 19.6 Å². The van der Waals surface area contributed by atoms with E-state index in [1.54, 1.807) is 16.4 Å². The summed E-state index contributed by atoms with van der Waals surface area (Å²) >= 11 is 0. The highest BCUT2D eigenvalue weighted by molar-refractivity contribution is 7.89. The summed E-state index contributed by atoms with van der Waals surface area (Å²) in [7, 11) is -3.39. The fourth-order valence-electron chi connectivity index (χ4n) is 3.86. The van der Waals surface area contributed by atoms with E-state index in [0.29, 0.717) is 36.9 Å². The van der Waals surface area contributed by atoms with Gasteiger partial charge in [-0.15, -0.1) is 12.4 Å². The zero-order valence-corrected chi connectivity index (χ0v) is 18.2. The van der Waals surface area contributed by atoms with Gasteiger partial charge in [-0.1, -0.05) is 18.6 Å². The maximum Gasteiger partial charge on any atom is 0.243 e. The lowest BCUT2D eigenvalue weighted by atomic mass is 9.99. The number of rotatable bonds is 6. The van der Waals surface area contributed by atoms with Gasteiger partial charge in [-0.3, -0.25) is 4.79 Å². The molecule has 1 aromatic rings. The van der Waals surface area contributed by atoms with Crippen molar-refractivity contribution in [3.63, 3.8) is 0 Å². The van der Waals surface area contributed by atoms with E-state index in [9.17, 15) is 13.2 Å². The van der Waals surface area contributed by atoms with E-state index in [-0.39, 0.29) is 24.4 Å². The third kappa shape index (κ3) is 5.92. The highest BCUT2D eigenvalue weighted by Crippen LogP contribution is 2.21. The molecule has 2 heterocycles. The molecule has 3 rings (SSSR count). The number of piperidine rings is 2. The average molecular weight is 430 g/mol. The van der Waals surface area contributed by atoms with E-state index in [1.807, 2.05) is 12.1 Å². The molecule has 2 fully saturated rings. The Morgan fingerprint density at radius 2 is 1.82 bits per heavy atom. The van der Waals surface area contributed by atoms with E-state index in [0.717, 1.165) is 44.2 Å². The van der Waals surface area contributed by atoms with Crippen LogP contribution in [0.1, 0.15) is 51.0 Å². The summed E-state index contributed by atoms with van der Waals surface area (Å²) in [4.78, 5) is 12.6. The first-order chi connectivity index (χ1) is 13.0. The van der Waals surface area contributed by atoms with E-state index >= 15 is 0 Å². The van der Waals surface area contributed by atoms with Gasteiger partial charge in [-0.25, -0.2) is 8.42 Å². The summed E-state index contributed by atoms with van der Waals surface area (Å²) in [6.07, 6.45) is 6.10. The Labute approximate surface area is 174 Å². The Kier molecular flexibility index (Phi) is 8.74. The molecule has 0 aromatic heterocycles. The molecule has 2 atom stereocenters. The maximum atomic E-state index is 12.7. The van der Waals surface area contributed by atoms with Gasteiger partial charge in [-0.2, -0.15) is 4.31 Å². The van der Waals surface area contributed by atoms with Crippen molar-refractivity contribution in [3.8, 4) is 0 Å². The molecule has 0 aliphatic carbocycles. The Bertz CT molecular complexity index is 734. The summed E-state index contributed by atoms with van der Waals surface area (Å²) < 4.78 is 26.9. The minimum Gasteiger partial charge on any atom is -0.352 e. The second-order valence-electron chi connectivity index (χ2n) is 7.67. The lowest BCUT2D eigenvalue weighted by Crippen LogP contribution is -2.51. The third-order valence-electron chi connectivity index (χ3n) is 5.63. The monoisotopic (exact) mass is 429 g/mol. The molecule has 0 spiro atoms.